The normalized spacial score (nSPS) is 16.3. The number of benzene rings is 1. The Labute approximate surface area is 154 Å². The summed E-state index contributed by atoms with van der Waals surface area (Å²) in [6.45, 7) is -0.0359. The van der Waals surface area contributed by atoms with E-state index in [9.17, 15) is 26.4 Å². The molecule has 27 heavy (non-hydrogen) atoms. The van der Waals surface area contributed by atoms with E-state index in [4.69, 9.17) is 0 Å². The summed E-state index contributed by atoms with van der Waals surface area (Å²) in [6, 6.07) is 8.96. The Morgan fingerprint density at radius 2 is 1.59 bits per heavy atom. The number of hydrogen-bond donors (Lipinski definition) is 0. The summed E-state index contributed by atoms with van der Waals surface area (Å²) < 4.78 is 65.9. The molecule has 0 atom stereocenters. The molecule has 0 aliphatic carbocycles. The lowest BCUT2D eigenvalue weighted by molar-refractivity contribution is -0.139. The van der Waals surface area contributed by atoms with Gasteiger partial charge in [0.2, 0.25) is 10.0 Å². The van der Waals surface area contributed by atoms with Crippen LogP contribution in [0.2, 0.25) is 0 Å². The lowest BCUT2D eigenvalue weighted by Gasteiger charge is -2.34. The first-order chi connectivity index (χ1) is 12.7. The molecule has 1 aliphatic heterocycles. The summed E-state index contributed by atoms with van der Waals surface area (Å²) in [5.41, 5.74) is -0.965. The number of sulfonamides is 1. The zero-order valence-electron chi connectivity index (χ0n) is 14.1. The SMILES string of the molecule is O=C(c1ccccn1)N1CCN(S(=O)(=O)c2ccccc2C(F)(F)F)CC1. The third kappa shape index (κ3) is 3.96. The van der Waals surface area contributed by atoms with E-state index >= 15 is 0 Å². The maximum atomic E-state index is 13.2. The molecule has 0 saturated carbocycles. The average Bonchev–Trinajstić information content (AvgIpc) is 2.67. The van der Waals surface area contributed by atoms with Crippen LogP contribution < -0.4 is 0 Å². The van der Waals surface area contributed by atoms with Crippen LogP contribution in [0.15, 0.2) is 53.6 Å². The van der Waals surface area contributed by atoms with E-state index in [-0.39, 0.29) is 37.8 Å². The molecule has 0 unspecified atom stereocenters. The van der Waals surface area contributed by atoms with Gasteiger partial charge in [0.25, 0.3) is 5.91 Å². The van der Waals surface area contributed by atoms with E-state index in [0.717, 1.165) is 22.5 Å². The maximum absolute atomic E-state index is 13.2. The standard InChI is InChI=1S/C17H16F3N3O3S/c18-17(19,20)13-5-1-2-7-15(13)27(25,26)23-11-9-22(10-12-23)16(24)14-6-3-4-8-21-14/h1-8H,9-12H2. The van der Waals surface area contributed by atoms with Gasteiger partial charge in [-0.3, -0.25) is 9.78 Å². The number of halogens is 3. The molecule has 1 amide bonds. The molecule has 2 heterocycles. The van der Waals surface area contributed by atoms with Crippen LogP contribution in [0.4, 0.5) is 13.2 Å². The molecule has 0 spiro atoms. The van der Waals surface area contributed by atoms with Gasteiger partial charge in [-0.25, -0.2) is 8.42 Å². The lowest BCUT2D eigenvalue weighted by Crippen LogP contribution is -2.50. The number of nitrogens with zero attached hydrogens (tertiary/aromatic N) is 3. The molecule has 1 aromatic heterocycles. The molecule has 0 bridgehead atoms. The van der Waals surface area contributed by atoms with Crippen molar-refractivity contribution in [3.8, 4) is 0 Å². The Hall–Kier alpha value is -2.46. The molecule has 1 saturated heterocycles. The second-order valence-electron chi connectivity index (χ2n) is 5.91. The molecule has 0 radical (unpaired) electrons. The number of pyridine rings is 1. The second kappa shape index (κ2) is 7.28. The fraction of sp³-hybridized carbons (Fsp3) is 0.294. The number of alkyl halides is 3. The van der Waals surface area contributed by atoms with E-state index in [1.807, 2.05) is 0 Å². The molecule has 1 aliphatic rings. The molecular formula is C17H16F3N3O3S. The van der Waals surface area contributed by atoms with E-state index in [1.165, 1.54) is 17.2 Å². The van der Waals surface area contributed by atoms with Crippen LogP contribution in [0, 0.1) is 0 Å². The molecule has 0 N–H and O–H groups in total. The molecule has 144 valence electrons. The number of piperazine rings is 1. The minimum Gasteiger partial charge on any atom is -0.335 e. The molecule has 1 fully saturated rings. The molecule has 3 rings (SSSR count). The first-order valence-electron chi connectivity index (χ1n) is 8.08. The number of amides is 1. The molecule has 2 aromatic rings. The average molecular weight is 399 g/mol. The first-order valence-corrected chi connectivity index (χ1v) is 9.52. The van der Waals surface area contributed by atoms with Crippen molar-refractivity contribution in [2.75, 3.05) is 26.2 Å². The summed E-state index contributed by atoms with van der Waals surface area (Å²) in [5.74, 6) is -0.344. The van der Waals surface area contributed by atoms with Gasteiger partial charge in [-0.2, -0.15) is 17.5 Å². The Bertz CT molecular complexity index is 925. The third-order valence-corrected chi connectivity index (χ3v) is 6.18. The monoisotopic (exact) mass is 399 g/mol. The maximum Gasteiger partial charge on any atom is 0.417 e. The fourth-order valence-corrected chi connectivity index (χ4v) is 4.48. The Morgan fingerprint density at radius 3 is 2.19 bits per heavy atom. The zero-order chi connectivity index (χ0) is 19.7. The van der Waals surface area contributed by atoms with Crippen LogP contribution in [0.1, 0.15) is 16.1 Å². The van der Waals surface area contributed by atoms with Crippen LogP contribution in [0.25, 0.3) is 0 Å². The zero-order valence-corrected chi connectivity index (χ0v) is 14.9. The highest BCUT2D eigenvalue weighted by Gasteiger charge is 2.39. The van der Waals surface area contributed by atoms with Crippen molar-refractivity contribution in [3.05, 3.63) is 59.9 Å². The third-order valence-electron chi connectivity index (χ3n) is 4.22. The highest BCUT2D eigenvalue weighted by molar-refractivity contribution is 7.89. The summed E-state index contributed by atoms with van der Waals surface area (Å²) in [5, 5.41) is 0. The van der Waals surface area contributed by atoms with Crippen LogP contribution >= 0.6 is 0 Å². The topological polar surface area (TPSA) is 70.6 Å². The van der Waals surface area contributed by atoms with Crippen LogP contribution in [0.3, 0.4) is 0 Å². The van der Waals surface area contributed by atoms with Gasteiger partial charge in [0.15, 0.2) is 0 Å². The first kappa shape index (κ1) is 19.3. The molecule has 6 nitrogen and oxygen atoms in total. The highest BCUT2D eigenvalue weighted by atomic mass is 32.2. The van der Waals surface area contributed by atoms with Crippen molar-refractivity contribution in [3.63, 3.8) is 0 Å². The Morgan fingerprint density at radius 1 is 0.963 bits per heavy atom. The van der Waals surface area contributed by atoms with E-state index in [0.29, 0.717) is 0 Å². The van der Waals surface area contributed by atoms with Gasteiger partial charge >= 0.3 is 6.18 Å². The summed E-state index contributed by atoms with van der Waals surface area (Å²) in [6.07, 6.45) is -3.30. The van der Waals surface area contributed by atoms with Gasteiger partial charge < -0.3 is 4.90 Å². The summed E-state index contributed by atoms with van der Waals surface area (Å²) in [7, 11) is -4.33. The fourth-order valence-electron chi connectivity index (χ4n) is 2.85. The summed E-state index contributed by atoms with van der Waals surface area (Å²) >= 11 is 0. The largest absolute Gasteiger partial charge is 0.417 e. The van der Waals surface area contributed by atoms with Gasteiger partial charge in [0, 0.05) is 32.4 Å². The van der Waals surface area contributed by atoms with Crippen molar-refractivity contribution >= 4 is 15.9 Å². The van der Waals surface area contributed by atoms with Crippen molar-refractivity contribution in [2.45, 2.75) is 11.1 Å². The van der Waals surface area contributed by atoms with Gasteiger partial charge in [-0.05, 0) is 24.3 Å². The van der Waals surface area contributed by atoms with Gasteiger partial charge in [-0.1, -0.05) is 18.2 Å². The predicted molar refractivity (Wildman–Crippen MR) is 90.3 cm³/mol. The van der Waals surface area contributed by atoms with Gasteiger partial charge in [-0.15, -0.1) is 0 Å². The van der Waals surface area contributed by atoms with Crippen molar-refractivity contribution in [2.24, 2.45) is 0 Å². The highest BCUT2D eigenvalue weighted by Crippen LogP contribution is 2.35. The van der Waals surface area contributed by atoms with Crippen LogP contribution in [-0.2, 0) is 16.2 Å². The minimum absolute atomic E-state index is 0.0722. The molecular weight excluding hydrogens is 383 g/mol. The minimum atomic E-state index is -4.78. The Kier molecular flexibility index (Phi) is 5.20. The summed E-state index contributed by atoms with van der Waals surface area (Å²) in [4.78, 5) is 17.0. The number of carbonyl (C=O) groups is 1. The van der Waals surface area contributed by atoms with Crippen molar-refractivity contribution < 1.29 is 26.4 Å². The van der Waals surface area contributed by atoms with Gasteiger partial charge in [0.05, 0.1) is 10.5 Å². The molecule has 10 heteroatoms. The number of hydrogen-bond acceptors (Lipinski definition) is 4. The van der Waals surface area contributed by atoms with E-state index in [1.54, 1.807) is 18.2 Å². The van der Waals surface area contributed by atoms with Crippen molar-refractivity contribution in [1.82, 2.24) is 14.2 Å². The van der Waals surface area contributed by atoms with Gasteiger partial charge in [0.1, 0.15) is 5.69 Å². The number of rotatable bonds is 3. The van der Waals surface area contributed by atoms with E-state index < -0.39 is 26.7 Å². The number of aromatic nitrogens is 1. The van der Waals surface area contributed by atoms with Crippen molar-refractivity contribution in [1.29, 1.82) is 0 Å². The second-order valence-corrected chi connectivity index (χ2v) is 7.81. The lowest BCUT2D eigenvalue weighted by atomic mass is 10.2. The quantitative estimate of drug-likeness (QED) is 0.794. The van der Waals surface area contributed by atoms with Crippen LogP contribution in [-0.4, -0.2) is 54.7 Å². The Balaban J connectivity index is 1.77. The van der Waals surface area contributed by atoms with Crippen LogP contribution in [0.5, 0.6) is 0 Å². The predicted octanol–water partition coefficient (Wildman–Crippen LogP) is 2.25. The smallest absolute Gasteiger partial charge is 0.335 e. The van der Waals surface area contributed by atoms with E-state index in [2.05, 4.69) is 4.98 Å². The molecule has 1 aromatic carbocycles. The number of carbonyl (C=O) groups excluding carboxylic acids is 1.